The molecule has 2 aromatic carbocycles. The summed E-state index contributed by atoms with van der Waals surface area (Å²) < 4.78 is 5.35. The van der Waals surface area contributed by atoms with E-state index < -0.39 is 12.2 Å². The number of carbonyl (C=O) groups excluding carboxylic acids is 1. The van der Waals surface area contributed by atoms with E-state index in [4.69, 9.17) is 4.74 Å². The Morgan fingerprint density at radius 1 is 1.18 bits per heavy atom. The molecule has 0 unspecified atom stereocenters. The number of aliphatic hydroxyl groups excluding tert-OH is 1. The van der Waals surface area contributed by atoms with E-state index in [1.165, 1.54) is 0 Å². The maximum atomic E-state index is 12.0. The maximum absolute atomic E-state index is 12.0. The van der Waals surface area contributed by atoms with Gasteiger partial charge in [-0.05, 0) is 35.7 Å². The zero-order chi connectivity index (χ0) is 15.9. The smallest absolute Gasteiger partial charge is 0.249 e. The van der Waals surface area contributed by atoms with Gasteiger partial charge in [-0.25, -0.2) is 0 Å². The zero-order valence-corrected chi connectivity index (χ0v) is 13.1. The van der Waals surface area contributed by atoms with E-state index in [0.29, 0.717) is 13.0 Å². The predicted molar refractivity (Wildman–Crippen MR) is 87.6 cm³/mol. The number of hydrogen-bond acceptors (Lipinski definition) is 3. The molecule has 0 fully saturated rings. The number of fused-ring (bicyclic) bond motifs is 1. The van der Waals surface area contributed by atoms with Gasteiger partial charge in [-0.3, -0.25) is 4.79 Å². The van der Waals surface area contributed by atoms with Crippen LogP contribution in [0.3, 0.4) is 0 Å². The number of amides is 1. The molecule has 22 heavy (non-hydrogen) atoms. The lowest BCUT2D eigenvalue weighted by Crippen LogP contribution is -2.38. The van der Waals surface area contributed by atoms with Gasteiger partial charge < -0.3 is 15.2 Å². The first-order chi connectivity index (χ1) is 10.7. The van der Waals surface area contributed by atoms with Crippen molar-refractivity contribution in [2.24, 2.45) is 0 Å². The summed E-state index contributed by atoms with van der Waals surface area (Å²) in [4.78, 5) is 12.0. The van der Waals surface area contributed by atoms with Crippen LogP contribution in [0.2, 0.25) is 0 Å². The second-order valence-corrected chi connectivity index (χ2v) is 5.22. The molecule has 2 atom stereocenters. The van der Waals surface area contributed by atoms with Gasteiger partial charge in [0.2, 0.25) is 5.91 Å². The molecule has 0 aliphatic rings. The van der Waals surface area contributed by atoms with Crippen LogP contribution in [-0.2, 0) is 9.53 Å². The molecule has 2 aromatic rings. The molecule has 0 radical (unpaired) electrons. The number of nitrogens with one attached hydrogen (secondary N) is 1. The average molecular weight is 301 g/mol. The van der Waals surface area contributed by atoms with Crippen LogP contribution in [-0.4, -0.2) is 30.3 Å². The van der Waals surface area contributed by atoms with Crippen molar-refractivity contribution in [3.63, 3.8) is 0 Å². The van der Waals surface area contributed by atoms with Gasteiger partial charge in [0.1, 0.15) is 6.10 Å². The minimum Gasteiger partial charge on any atom is -0.387 e. The van der Waals surface area contributed by atoms with E-state index in [9.17, 15) is 9.90 Å². The van der Waals surface area contributed by atoms with Gasteiger partial charge in [-0.15, -0.1) is 0 Å². The van der Waals surface area contributed by atoms with Gasteiger partial charge in [0.25, 0.3) is 0 Å². The predicted octanol–water partition coefficient (Wildman–Crippen LogP) is 2.80. The molecule has 2 N–H and O–H groups in total. The van der Waals surface area contributed by atoms with Crippen molar-refractivity contribution in [2.45, 2.75) is 32.5 Å². The maximum Gasteiger partial charge on any atom is 0.249 e. The fourth-order valence-electron chi connectivity index (χ4n) is 2.42. The number of benzene rings is 2. The highest BCUT2D eigenvalue weighted by molar-refractivity contribution is 5.83. The Balaban J connectivity index is 1.98. The van der Waals surface area contributed by atoms with Crippen LogP contribution in [0.5, 0.6) is 0 Å². The lowest BCUT2D eigenvalue weighted by atomic mass is 10.0. The fourth-order valence-corrected chi connectivity index (χ4v) is 2.42. The van der Waals surface area contributed by atoms with E-state index >= 15 is 0 Å². The molecule has 118 valence electrons. The summed E-state index contributed by atoms with van der Waals surface area (Å²) in [7, 11) is 0. The highest BCUT2D eigenvalue weighted by Gasteiger charge is 2.17. The molecular weight excluding hydrogens is 278 g/mol. The minimum absolute atomic E-state index is 0.177. The Kier molecular flexibility index (Phi) is 5.92. The molecule has 0 spiro atoms. The van der Waals surface area contributed by atoms with Gasteiger partial charge in [-0.2, -0.15) is 0 Å². The van der Waals surface area contributed by atoms with Crippen LogP contribution in [0.25, 0.3) is 10.8 Å². The summed E-state index contributed by atoms with van der Waals surface area (Å²) in [6.07, 6.45) is -0.562. The van der Waals surface area contributed by atoms with Gasteiger partial charge >= 0.3 is 0 Å². The Hall–Kier alpha value is -1.91. The molecule has 0 aliphatic carbocycles. The standard InChI is InChI=1S/C18H23NO3/c1-3-17(22-4-2)18(21)19-12-16(20)15-10-9-13-7-5-6-8-14(13)11-15/h5-11,16-17,20H,3-4,12H2,1-2H3,(H,19,21)/t16-,17-/m0/s1. The Bertz CT molecular complexity index is 627. The van der Waals surface area contributed by atoms with Gasteiger partial charge in [-0.1, -0.05) is 43.3 Å². The molecule has 2 rings (SSSR count). The van der Waals surface area contributed by atoms with Crippen LogP contribution in [0.15, 0.2) is 42.5 Å². The first kappa shape index (κ1) is 16.5. The number of ether oxygens (including phenoxy) is 1. The van der Waals surface area contributed by atoms with E-state index in [0.717, 1.165) is 16.3 Å². The summed E-state index contributed by atoms with van der Waals surface area (Å²) in [6.45, 7) is 4.44. The topological polar surface area (TPSA) is 58.6 Å². The number of hydrogen-bond donors (Lipinski definition) is 2. The van der Waals surface area contributed by atoms with Crippen LogP contribution in [0, 0.1) is 0 Å². The highest BCUT2D eigenvalue weighted by Crippen LogP contribution is 2.20. The van der Waals surface area contributed by atoms with Crippen molar-refractivity contribution in [3.8, 4) is 0 Å². The van der Waals surface area contributed by atoms with Crippen molar-refractivity contribution < 1.29 is 14.6 Å². The van der Waals surface area contributed by atoms with Gasteiger partial charge in [0.15, 0.2) is 0 Å². The lowest BCUT2D eigenvalue weighted by Gasteiger charge is -2.17. The van der Waals surface area contributed by atoms with Crippen molar-refractivity contribution >= 4 is 16.7 Å². The Morgan fingerprint density at radius 2 is 1.91 bits per heavy atom. The number of rotatable bonds is 7. The fraction of sp³-hybridized carbons (Fsp3) is 0.389. The van der Waals surface area contributed by atoms with Gasteiger partial charge in [0, 0.05) is 13.2 Å². The molecule has 0 aliphatic heterocycles. The second-order valence-electron chi connectivity index (χ2n) is 5.22. The third kappa shape index (κ3) is 4.06. The first-order valence-corrected chi connectivity index (χ1v) is 7.71. The highest BCUT2D eigenvalue weighted by atomic mass is 16.5. The number of aliphatic hydroxyl groups is 1. The third-order valence-corrected chi connectivity index (χ3v) is 3.66. The van der Waals surface area contributed by atoms with Crippen LogP contribution < -0.4 is 5.32 Å². The summed E-state index contributed by atoms with van der Waals surface area (Å²) >= 11 is 0. The summed E-state index contributed by atoms with van der Waals surface area (Å²) in [5, 5.41) is 15.2. The molecule has 0 saturated heterocycles. The molecule has 4 heteroatoms. The van der Waals surface area contributed by atoms with Crippen molar-refractivity contribution in [1.29, 1.82) is 0 Å². The van der Waals surface area contributed by atoms with E-state index in [1.54, 1.807) is 0 Å². The summed E-state index contributed by atoms with van der Waals surface area (Å²) in [6, 6.07) is 13.8. The van der Waals surface area contributed by atoms with E-state index in [-0.39, 0.29) is 12.5 Å². The van der Waals surface area contributed by atoms with Crippen LogP contribution in [0.1, 0.15) is 31.9 Å². The quantitative estimate of drug-likeness (QED) is 0.827. The largest absolute Gasteiger partial charge is 0.387 e. The molecule has 0 heterocycles. The molecule has 0 bridgehead atoms. The van der Waals surface area contributed by atoms with Gasteiger partial charge in [0.05, 0.1) is 6.10 Å². The molecule has 0 aromatic heterocycles. The third-order valence-electron chi connectivity index (χ3n) is 3.66. The molecule has 1 amide bonds. The first-order valence-electron chi connectivity index (χ1n) is 7.71. The molecule has 4 nitrogen and oxygen atoms in total. The monoisotopic (exact) mass is 301 g/mol. The molecular formula is C18H23NO3. The zero-order valence-electron chi connectivity index (χ0n) is 13.1. The summed E-state index contributed by atoms with van der Waals surface area (Å²) in [5.41, 5.74) is 0.795. The van der Waals surface area contributed by atoms with Crippen LogP contribution >= 0.6 is 0 Å². The van der Waals surface area contributed by atoms with Crippen molar-refractivity contribution in [3.05, 3.63) is 48.0 Å². The van der Waals surface area contributed by atoms with Crippen molar-refractivity contribution in [1.82, 2.24) is 5.32 Å². The van der Waals surface area contributed by atoms with Crippen LogP contribution in [0.4, 0.5) is 0 Å². The number of carbonyl (C=O) groups is 1. The van der Waals surface area contributed by atoms with Crippen molar-refractivity contribution in [2.75, 3.05) is 13.2 Å². The van der Waals surface area contributed by atoms with E-state index in [1.807, 2.05) is 56.3 Å². The SMILES string of the molecule is CCO[C@@H](CC)C(=O)NC[C@H](O)c1ccc2ccccc2c1. The Morgan fingerprint density at radius 3 is 2.59 bits per heavy atom. The van der Waals surface area contributed by atoms with E-state index in [2.05, 4.69) is 5.32 Å². The summed E-state index contributed by atoms with van der Waals surface area (Å²) in [5.74, 6) is -0.177. The average Bonchev–Trinajstić information content (AvgIpc) is 2.56. The lowest BCUT2D eigenvalue weighted by molar-refractivity contribution is -0.133. The normalized spacial score (nSPS) is 13.8. The second kappa shape index (κ2) is 7.92. The minimum atomic E-state index is -0.729. The Labute approximate surface area is 131 Å². The molecule has 0 saturated carbocycles.